The molecule has 0 spiro atoms. The van der Waals surface area contributed by atoms with E-state index in [2.05, 4.69) is 0 Å². The summed E-state index contributed by atoms with van der Waals surface area (Å²) in [4.78, 5) is 0. The van der Waals surface area contributed by atoms with Crippen molar-refractivity contribution in [3.63, 3.8) is 0 Å². The Morgan fingerprint density at radius 3 is 2.60 bits per heavy atom. The normalized spacial score (nSPS) is 27.6. The molecular formula is C14H17F3O3. The minimum absolute atomic E-state index is 0.111. The van der Waals surface area contributed by atoms with Gasteiger partial charge in [-0.15, -0.1) is 0 Å². The second-order valence-corrected chi connectivity index (χ2v) is 5.10. The van der Waals surface area contributed by atoms with Crippen molar-refractivity contribution in [1.29, 1.82) is 0 Å². The summed E-state index contributed by atoms with van der Waals surface area (Å²) in [6, 6.07) is 3.09. The minimum atomic E-state index is -4.50. The molecule has 2 rings (SSSR count). The third kappa shape index (κ3) is 2.91. The summed E-state index contributed by atoms with van der Waals surface area (Å²) in [7, 11) is 1.47. The van der Waals surface area contributed by atoms with Gasteiger partial charge in [0.05, 0.1) is 23.9 Å². The summed E-state index contributed by atoms with van der Waals surface area (Å²) in [5, 5.41) is 9.58. The Labute approximate surface area is 115 Å². The fraction of sp³-hybridized carbons (Fsp3) is 0.571. The van der Waals surface area contributed by atoms with Gasteiger partial charge < -0.3 is 14.6 Å². The molecule has 0 aliphatic carbocycles. The number of phenols is 1. The first-order valence-electron chi connectivity index (χ1n) is 6.35. The van der Waals surface area contributed by atoms with Crippen molar-refractivity contribution in [1.82, 2.24) is 0 Å². The molecule has 20 heavy (non-hydrogen) atoms. The summed E-state index contributed by atoms with van der Waals surface area (Å²) in [6.45, 7) is 2.26. The maximum Gasteiger partial charge on any atom is 0.416 e. The van der Waals surface area contributed by atoms with E-state index < -0.39 is 23.1 Å². The first-order valence-corrected chi connectivity index (χ1v) is 6.35. The summed E-state index contributed by atoms with van der Waals surface area (Å²) in [5.41, 5.74) is -1.39. The zero-order chi connectivity index (χ0) is 15.0. The van der Waals surface area contributed by atoms with Crippen molar-refractivity contribution in [2.75, 3.05) is 13.7 Å². The highest BCUT2D eigenvalue weighted by Crippen LogP contribution is 2.41. The van der Waals surface area contributed by atoms with E-state index in [9.17, 15) is 18.3 Å². The van der Waals surface area contributed by atoms with E-state index in [0.717, 1.165) is 12.1 Å². The summed E-state index contributed by atoms with van der Waals surface area (Å²) >= 11 is 0. The first-order chi connectivity index (χ1) is 9.27. The zero-order valence-electron chi connectivity index (χ0n) is 11.3. The average Bonchev–Trinajstić information content (AvgIpc) is 2.36. The summed E-state index contributed by atoms with van der Waals surface area (Å²) in [5.74, 6) is -0.412. The van der Waals surface area contributed by atoms with Crippen LogP contribution in [0.25, 0.3) is 0 Å². The Morgan fingerprint density at radius 1 is 1.35 bits per heavy atom. The smallest absolute Gasteiger partial charge is 0.416 e. The lowest BCUT2D eigenvalue weighted by Gasteiger charge is -2.39. The zero-order valence-corrected chi connectivity index (χ0v) is 11.3. The molecule has 1 aliphatic heterocycles. The SMILES string of the molecule is CO[C@]1(c2cc(O)cc(C(F)(F)F)c2)CCO[C@H](C)C1. The van der Waals surface area contributed by atoms with Crippen LogP contribution in [0.1, 0.15) is 30.9 Å². The molecule has 0 radical (unpaired) electrons. The van der Waals surface area contributed by atoms with E-state index >= 15 is 0 Å². The van der Waals surface area contributed by atoms with E-state index in [1.807, 2.05) is 6.92 Å². The molecule has 1 fully saturated rings. The van der Waals surface area contributed by atoms with Crippen LogP contribution in [0.5, 0.6) is 5.75 Å². The molecule has 0 bridgehead atoms. The van der Waals surface area contributed by atoms with Gasteiger partial charge in [-0.05, 0) is 30.7 Å². The predicted octanol–water partition coefficient (Wildman–Crippen LogP) is 3.45. The number of alkyl halides is 3. The lowest BCUT2D eigenvalue weighted by Crippen LogP contribution is -2.39. The third-order valence-corrected chi connectivity index (χ3v) is 3.69. The second kappa shape index (κ2) is 5.26. The molecule has 6 heteroatoms. The van der Waals surface area contributed by atoms with Gasteiger partial charge in [0, 0.05) is 20.0 Å². The van der Waals surface area contributed by atoms with Gasteiger partial charge in [-0.2, -0.15) is 13.2 Å². The van der Waals surface area contributed by atoms with Crippen LogP contribution in [0.2, 0.25) is 0 Å². The fourth-order valence-corrected chi connectivity index (χ4v) is 2.65. The highest BCUT2D eigenvalue weighted by molar-refractivity contribution is 5.38. The number of methoxy groups -OCH3 is 1. The summed E-state index contributed by atoms with van der Waals surface area (Å²) in [6.07, 6.45) is -3.71. The van der Waals surface area contributed by atoms with Gasteiger partial charge in [-0.3, -0.25) is 0 Å². The number of halogens is 3. The van der Waals surface area contributed by atoms with Gasteiger partial charge >= 0.3 is 6.18 Å². The number of aromatic hydroxyl groups is 1. The van der Waals surface area contributed by atoms with Crippen molar-refractivity contribution >= 4 is 0 Å². The number of ether oxygens (including phenoxy) is 2. The largest absolute Gasteiger partial charge is 0.508 e. The Balaban J connectivity index is 2.47. The monoisotopic (exact) mass is 290 g/mol. The van der Waals surface area contributed by atoms with Crippen LogP contribution in [-0.2, 0) is 21.3 Å². The van der Waals surface area contributed by atoms with Crippen molar-refractivity contribution in [2.45, 2.75) is 37.6 Å². The molecule has 0 amide bonds. The van der Waals surface area contributed by atoms with Crippen LogP contribution in [0.3, 0.4) is 0 Å². The standard InChI is InChI=1S/C14H17F3O3/c1-9-8-13(19-2,3-4-20-9)10-5-11(14(15,16)17)7-12(18)6-10/h5-7,9,18H,3-4,8H2,1-2H3/t9-,13-/m1/s1. The quantitative estimate of drug-likeness (QED) is 0.906. The highest BCUT2D eigenvalue weighted by atomic mass is 19.4. The maximum absolute atomic E-state index is 12.8. The molecule has 1 heterocycles. The number of benzene rings is 1. The molecule has 1 aromatic carbocycles. The molecule has 1 N–H and O–H groups in total. The highest BCUT2D eigenvalue weighted by Gasteiger charge is 2.40. The van der Waals surface area contributed by atoms with E-state index in [4.69, 9.17) is 9.47 Å². The molecule has 1 aromatic rings. The molecular weight excluding hydrogens is 273 g/mol. The fourth-order valence-electron chi connectivity index (χ4n) is 2.65. The van der Waals surface area contributed by atoms with E-state index in [0.29, 0.717) is 25.0 Å². The molecule has 0 saturated carbocycles. The number of rotatable bonds is 2. The second-order valence-electron chi connectivity index (χ2n) is 5.10. The topological polar surface area (TPSA) is 38.7 Å². The van der Waals surface area contributed by atoms with Crippen molar-refractivity contribution in [2.24, 2.45) is 0 Å². The molecule has 0 aromatic heterocycles. The first kappa shape index (κ1) is 15.1. The van der Waals surface area contributed by atoms with Gasteiger partial charge in [0.15, 0.2) is 0 Å². The van der Waals surface area contributed by atoms with Crippen molar-refractivity contribution in [3.05, 3.63) is 29.3 Å². The molecule has 0 unspecified atom stereocenters. The maximum atomic E-state index is 12.8. The minimum Gasteiger partial charge on any atom is -0.508 e. The van der Waals surface area contributed by atoms with E-state index in [-0.39, 0.29) is 6.10 Å². The number of hydrogen-bond acceptors (Lipinski definition) is 3. The van der Waals surface area contributed by atoms with Gasteiger partial charge in [-0.25, -0.2) is 0 Å². The number of phenolic OH excluding ortho intramolecular Hbond substituents is 1. The lowest BCUT2D eigenvalue weighted by atomic mass is 9.83. The van der Waals surface area contributed by atoms with E-state index in [1.54, 1.807) is 0 Å². The van der Waals surface area contributed by atoms with Gasteiger partial charge in [-0.1, -0.05) is 0 Å². The van der Waals surface area contributed by atoms with Gasteiger partial charge in [0.25, 0.3) is 0 Å². The van der Waals surface area contributed by atoms with Crippen LogP contribution in [-0.4, -0.2) is 24.9 Å². The van der Waals surface area contributed by atoms with Crippen LogP contribution >= 0.6 is 0 Å². The van der Waals surface area contributed by atoms with Crippen LogP contribution < -0.4 is 0 Å². The van der Waals surface area contributed by atoms with E-state index in [1.165, 1.54) is 13.2 Å². The molecule has 1 aliphatic rings. The molecule has 3 nitrogen and oxygen atoms in total. The Bertz CT molecular complexity index is 487. The van der Waals surface area contributed by atoms with Crippen LogP contribution in [0.4, 0.5) is 13.2 Å². The number of hydrogen-bond donors (Lipinski definition) is 1. The van der Waals surface area contributed by atoms with Gasteiger partial charge in [0.1, 0.15) is 5.75 Å². The lowest BCUT2D eigenvalue weighted by molar-refractivity contribution is -0.138. The third-order valence-electron chi connectivity index (χ3n) is 3.69. The Hall–Kier alpha value is -1.27. The molecule has 112 valence electrons. The van der Waals surface area contributed by atoms with Crippen molar-refractivity contribution < 1.29 is 27.8 Å². The van der Waals surface area contributed by atoms with Gasteiger partial charge in [0.2, 0.25) is 0 Å². The predicted molar refractivity (Wildman–Crippen MR) is 66.4 cm³/mol. The average molecular weight is 290 g/mol. The van der Waals surface area contributed by atoms with Crippen LogP contribution in [0.15, 0.2) is 18.2 Å². The molecule has 1 saturated heterocycles. The molecule has 2 atom stereocenters. The van der Waals surface area contributed by atoms with Crippen LogP contribution in [0, 0.1) is 0 Å². The summed E-state index contributed by atoms with van der Waals surface area (Å²) < 4.78 is 49.5. The Morgan fingerprint density at radius 2 is 2.05 bits per heavy atom. The van der Waals surface area contributed by atoms with Crippen molar-refractivity contribution in [3.8, 4) is 5.75 Å². The Kier molecular flexibility index (Phi) is 3.97.